The highest BCUT2D eigenvalue weighted by Crippen LogP contribution is 2.16. The first-order valence-electron chi connectivity index (χ1n) is 5.91. The van der Waals surface area contributed by atoms with Crippen molar-refractivity contribution in [1.82, 2.24) is 5.32 Å². The lowest BCUT2D eigenvalue weighted by Gasteiger charge is -2.29. The zero-order chi connectivity index (χ0) is 10.2. The second kappa shape index (κ2) is 7.21. The second-order valence-electron chi connectivity index (χ2n) is 4.07. The number of hydrogen-bond acceptors (Lipinski definition) is 3. The van der Waals surface area contributed by atoms with Crippen molar-refractivity contribution >= 4 is 0 Å². The molecule has 2 unspecified atom stereocenters. The monoisotopic (exact) mass is 200 g/mol. The summed E-state index contributed by atoms with van der Waals surface area (Å²) in [6.07, 6.45) is 6.30. The average Bonchev–Trinajstić information content (AvgIpc) is 2.25. The van der Waals surface area contributed by atoms with E-state index in [0.717, 1.165) is 32.5 Å². The quantitative estimate of drug-likeness (QED) is 0.635. The summed E-state index contributed by atoms with van der Waals surface area (Å²) in [6, 6.07) is 0.673. The van der Waals surface area contributed by atoms with E-state index in [1.165, 1.54) is 19.3 Å². The first-order chi connectivity index (χ1) is 6.86. The molecule has 1 heterocycles. The highest BCUT2D eigenvalue weighted by Gasteiger charge is 2.20. The molecule has 1 aliphatic heterocycles. The van der Waals surface area contributed by atoms with Gasteiger partial charge in [-0.15, -0.1) is 0 Å². The van der Waals surface area contributed by atoms with E-state index in [1.807, 2.05) is 0 Å². The summed E-state index contributed by atoms with van der Waals surface area (Å²) in [6.45, 7) is 5.04. The van der Waals surface area contributed by atoms with Crippen LogP contribution in [0.1, 0.15) is 39.0 Å². The Morgan fingerprint density at radius 3 is 3.00 bits per heavy atom. The predicted molar refractivity (Wildman–Crippen MR) is 59.3 cm³/mol. The number of hydrogen-bond donors (Lipinski definition) is 2. The molecular formula is C11H24N2O. The minimum atomic E-state index is 0.482. The Kier molecular flexibility index (Phi) is 6.15. The van der Waals surface area contributed by atoms with Gasteiger partial charge in [-0.05, 0) is 45.2 Å². The van der Waals surface area contributed by atoms with Gasteiger partial charge in [0.05, 0.1) is 6.10 Å². The summed E-state index contributed by atoms with van der Waals surface area (Å²) < 4.78 is 5.62. The number of rotatable bonds is 6. The SMILES string of the molecule is CCC1CC(NCCCCN)CCO1. The Morgan fingerprint density at radius 2 is 2.29 bits per heavy atom. The van der Waals surface area contributed by atoms with Gasteiger partial charge in [0.2, 0.25) is 0 Å². The van der Waals surface area contributed by atoms with E-state index in [4.69, 9.17) is 10.5 Å². The maximum atomic E-state index is 5.62. The number of ether oxygens (including phenoxy) is 1. The Balaban J connectivity index is 2.05. The average molecular weight is 200 g/mol. The molecule has 0 saturated carbocycles. The summed E-state index contributed by atoms with van der Waals surface area (Å²) in [5, 5.41) is 3.59. The molecule has 1 fully saturated rings. The van der Waals surface area contributed by atoms with Crippen molar-refractivity contribution in [1.29, 1.82) is 0 Å². The number of unbranched alkanes of at least 4 members (excludes halogenated alkanes) is 1. The van der Waals surface area contributed by atoms with Gasteiger partial charge in [-0.25, -0.2) is 0 Å². The third-order valence-corrected chi connectivity index (χ3v) is 2.89. The Bertz CT molecular complexity index is 141. The molecule has 14 heavy (non-hydrogen) atoms. The van der Waals surface area contributed by atoms with Gasteiger partial charge in [-0.3, -0.25) is 0 Å². The van der Waals surface area contributed by atoms with E-state index < -0.39 is 0 Å². The molecule has 84 valence electrons. The van der Waals surface area contributed by atoms with Gasteiger partial charge < -0.3 is 15.8 Å². The van der Waals surface area contributed by atoms with Gasteiger partial charge in [0.1, 0.15) is 0 Å². The zero-order valence-corrected chi connectivity index (χ0v) is 9.30. The summed E-state index contributed by atoms with van der Waals surface area (Å²) in [4.78, 5) is 0. The second-order valence-corrected chi connectivity index (χ2v) is 4.07. The fraction of sp³-hybridized carbons (Fsp3) is 1.00. The molecule has 3 nitrogen and oxygen atoms in total. The first kappa shape index (κ1) is 12.0. The van der Waals surface area contributed by atoms with Crippen LogP contribution in [0.25, 0.3) is 0 Å². The Hall–Kier alpha value is -0.120. The largest absolute Gasteiger partial charge is 0.378 e. The molecule has 3 N–H and O–H groups in total. The van der Waals surface area contributed by atoms with E-state index >= 15 is 0 Å². The smallest absolute Gasteiger partial charge is 0.0587 e. The highest BCUT2D eigenvalue weighted by atomic mass is 16.5. The standard InChI is InChI=1S/C11H24N2O/c1-2-11-9-10(5-8-14-11)13-7-4-3-6-12/h10-11,13H,2-9,12H2,1H3. The highest BCUT2D eigenvalue weighted by molar-refractivity contribution is 4.75. The van der Waals surface area contributed by atoms with Gasteiger partial charge in [0.15, 0.2) is 0 Å². The van der Waals surface area contributed by atoms with Crippen LogP contribution < -0.4 is 11.1 Å². The molecule has 0 bridgehead atoms. The summed E-state index contributed by atoms with van der Waals surface area (Å²) in [5.41, 5.74) is 5.44. The molecule has 0 aromatic rings. The van der Waals surface area contributed by atoms with Crippen LogP contribution in [0.4, 0.5) is 0 Å². The van der Waals surface area contributed by atoms with Crippen LogP contribution in [0, 0.1) is 0 Å². The van der Waals surface area contributed by atoms with Crippen molar-refractivity contribution in [2.24, 2.45) is 5.73 Å². The Labute approximate surface area is 87.4 Å². The van der Waals surface area contributed by atoms with Gasteiger partial charge in [0, 0.05) is 12.6 Å². The number of nitrogens with one attached hydrogen (secondary N) is 1. The molecule has 0 aliphatic carbocycles. The molecule has 0 aromatic carbocycles. The van der Waals surface area contributed by atoms with Crippen LogP contribution in [0.3, 0.4) is 0 Å². The molecule has 0 radical (unpaired) electrons. The van der Waals surface area contributed by atoms with Crippen molar-refractivity contribution in [2.45, 2.75) is 51.2 Å². The van der Waals surface area contributed by atoms with Crippen molar-refractivity contribution in [3.05, 3.63) is 0 Å². The third-order valence-electron chi connectivity index (χ3n) is 2.89. The van der Waals surface area contributed by atoms with E-state index in [0.29, 0.717) is 12.1 Å². The van der Waals surface area contributed by atoms with E-state index in [-0.39, 0.29) is 0 Å². The maximum Gasteiger partial charge on any atom is 0.0587 e. The van der Waals surface area contributed by atoms with Crippen LogP contribution in [0.2, 0.25) is 0 Å². The van der Waals surface area contributed by atoms with Crippen LogP contribution >= 0.6 is 0 Å². The minimum Gasteiger partial charge on any atom is -0.378 e. The summed E-state index contributed by atoms with van der Waals surface area (Å²) in [5.74, 6) is 0. The lowest BCUT2D eigenvalue weighted by molar-refractivity contribution is 0.0000105. The molecular weight excluding hydrogens is 176 g/mol. The molecule has 2 atom stereocenters. The molecule has 0 spiro atoms. The fourth-order valence-corrected chi connectivity index (χ4v) is 1.93. The lowest BCUT2D eigenvalue weighted by atomic mass is 10.0. The summed E-state index contributed by atoms with van der Waals surface area (Å²) in [7, 11) is 0. The summed E-state index contributed by atoms with van der Waals surface area (Å²) >= 11 is 0. The minimum absolute atomic E-state index is 0.482. The van der Waals surface area contributed by atoms with Gasteiger partial charge >= 0.3 is 0 Å². The zero-order valence-electron chi connectivity index (χ0n) is 9.30. The molecule has 0 amide bonds. The van der Waals surface area contributed by atoms with Crippen molar-refractivity contribution < 1.29 is 4.74 Å². The molecule has 3 heteroatoms. The topological polar surface area (TPSA) is 47.3 Å². The van der Waals surface area contributed by atoms with Crippen molar-refractivity contribution in [3.63, 3.8) is 0 Å². The van der Waals surface area contributed by atoms with Gasteiger partial charge in [0.25, 0.3) is 0 Å². The van der Waals surface area contributed by atoms with Crippen LogP contribution in [-0.2, 0) is 4.74 Å². The lowest BCUT2D eigenvalue weighted by Crippen LogP contribution is -2.39. The Morgan fingerprint density at radius 1 is 1.43 bits per heavy atom. The van der Waals surface area contributed by atoms with Gasteiger partial charge in [-0.2, -0.15) is 0 Å². The fourth-order valence-electron chi connectivity index (χ4n) is 1.93. The first-order valence-corrected chi connectivity index (χ1v) is 5.91. The molecule has 1 rings (SSSR count). The van der Waals surface area contributed by atoms with Crippen LogP contribution in [0.5, 0.6) is 0 Å². The third kappa shape index (κ3) is 4.40. The van der Waals surface area contributed by atoms with Crippen molar-refractivity contribution in [2.75, 3.05) is 19.7 Å². The van der Waals surface area contributed by atoms with E-state index in [1.54, 1.807) is 0 Å². The molecule has 1 aliphatic rings. The van der Waals surface area contributed by atoms with E-state index in [9.17, 15) is 0 Å². The van der Waals surface area contributed by atoms with E-state index in [2.05, 4.69) is 12.2 Å². The molecule has 1 saturated heterocycles. The molecule has 0 aromatic heterocycles. The van der Waals surface area contributed by atoms with Gasteiger partial charge in [-0.1, -0.05) is 6.92 Å². The van der Waals surface area contributed by atoms with Crippen LogP contribution in [-0.4, -0.2) is 31.8 Å². The van der Waals surface area contributed by atoms with Crippen LogP contribution in [0.15, 0.2) is 0 Å². The van der Waals surface area contributed by atoms with Crippen molar-refractivity contribution in [3.8, 4) is 0 Å². The maximum absolute atomic E-state index is 5.62. The number of nitrogens with two attached hydrogens (primary N) is 1. The normalized spacial score (nSPS) is 27.9. The predicted octanol–water partition coefficient (Wildman–Crippen LogP) is 1.27.